The summed E-state index contributed by atoms with van der Waals surface area (Å²) < 4.78 is 37.4. The Balaban J connectivity index is 1.74. The zero-order valence-electron chi connectivity index (χ0n) is 15.6. The predicted molar refractivity (Wildman–Crippen MR) is 94.9 cm³/mol. The van der Waals surface area contributed by atoms with E-state index in [-0.39, 0.29) is 6.04 Å². The summed E-state index contributed by atoms with van der Waals surface area (Å²) in [5.41, 5.74) is 0. The van der Waals surface area contributed by atoms with Crippen LogP contribution in [0.4, 0.5) is 13.2 Å². The largest absolute Gasteiger partial charge is 0.401 e. The number of aliphatic imine (C=N–C) groups is 1. The van der Waals surface area contributed by atoms with E-state index < -0.39 is 12.7 Å². The molecule has 2 aliphatic heterocycles. The summed E-state index contributed by atoms with van der Waals surface area (Å²) in [4.78, 5) is 8.19. The SMILES string of the molecule is CN=C(NCC(C)N1CCCCC1C)NC1CCN(CC(F)(F)F)C1. The molecule has 3 unspecified atom stereocenters. The maximum Gasteiger partial charge on any atom is 0.401 e. The van der Waals surface area contributed by atoms with E-state index in [0.717, 1.165) is 13.1 Å². The van der Waals surface area contributed by atoms with Crippen LogP contribution in [-0.4, -0.2) is 79.8 Å². The molecule has 3 atom stereocenters. The zero-order chi connectivity index (χ0) is 18.4. The van der Waals surface area contributed by atoms with Gasteiger partial charge >= 0.3 is 6.18 Å². The van der Waals surface area contributed by atoms with Crippen molar-refractivity contribution in [1.29, 1.82) is 0 Å². The van der Waals surface area contributed by atoms with E-state index in [2.05, 4.69) is 34.4 Å². The Kier molecular flexibility index (Phi) is 7.37. The summed E-state index contributed by atoms with van der Waals surface area (Å²) in [6, 6.07) is 1.02. The highest BCUT2D eigenvalue weighted by Gasteiger charge is 2.34. The van der Waals surface area contributed by atoms with Gasteiger partial charge in [-0.15, -0.1) is 0 Å². The summed E-state index contributed by atoms with van der Waals surface area (Å²) in [6.45, 7) is 6.43. The van der Waals surface area contributed by atoms with Crippen LogP contribution in [0.25, 0.3) is 0 Å². The second kappa shape index (κ2) is 9.07. The quantitative estimate of drug-likeness (QED) is 0.580. The third kappa shape index (κ3) is 6.66. The van der Waals surface area contributed by atoms with Crippen molar-refractivity contribution in [3.05, 3.63) is 0 Å². The minimum atomic E-state index is -4.13. The predicted octanol–water partition coefficient (Wildman–Crippen LogP) is 2.05. The number of hydrogen-bond acceptors (Lipinski definition) is 3. The van der Waals surface area contributed by atoms with E-state index in [9.17, 15) is 13.2 Å². The molecule has 0 aromatic rings. The van der Waals surface area contributed by atoms with Gasteiger partial charge < -0.3 is 10.6 Å². The van der Waals surface area contributed by atoms with Crippen LogP contribution in [0.5, 0.6) is 0 Å². The van der Waals surface area contributed by atoms with Crippen LogP contribution in [-0.2, 0) is 0 Å². The number of nitrogens with one attached hydrogen (secondary N) is 2. The first kappa shape index (κ1) is 20.3. The minimum absolute atomic E-state index is 0.0118. The molecule has 2 rings (SSSR count). The summed E-state index contributed by atoms with van der Waals surface area (Å²) in [5.74, 6) is 0.676. The Bertz CT molecular complexity index is 440. The Morgan fingerprint density at radius 3 is 2.64 bits per heavy atom. The molecule has 0 bridgehead atoms. The number of likely N-dealkylation sites (tertiary alicyclic amines) is 2. The average Bonchev–Trinajstić information content (AvgIpc) is 2.96. The molecule has 0 saturated carbocycles. The number of hydrogen-bond donors (Lipinski definition) is 2. The number of guanidine groups is 1. The fraction of sp³-hybridized carbons (Fsp3) is 0.941. The van der Waals surface area contributed by atoms with Gasteiger partial charge in [-0.05, 0) is 39.7 Å². The number of rotatable bonds is 5. The number of halogens is 3. The lowest BCUT2D eigenvalue weighted by atomic mass is 10.0. The lowest BCUT2D eigenvalue weighted by Crippen LogP contribution is -2.51. The van der Waals surface area contributed by atoms with Crippen LogP contribution >= 0.6 is 0 Å². The number of nitrogens with zero attached hydrogens (tertiary/aromatic N) is 3. The van der Waals surface area contributed by atoms with Crippen molar-refractivity contribution >= 4 is 5.96 Å². The maximum absolute atomic E-state index is 12.5. The molecule has 25 heavy (non-hydrogen) atoms. The van der Waals surface area contributed by atoms with Crippen LogP contribution in [0.3, 0.4) is 0 Å². The first-order valence-corrected chi connectivity index (χ1v) is 9.30. The van der Waals surface area contributed by atoms with Gasteiger partial charge in [0, 0.05) is 44.8 Å². The molecule has 0 aromatic carbocycles. The molecule has 0 radical (unpaired) electrons. The Morgan fingerprint density at radius 2 is 2.00 bits per heavy atom. The van der Waals surface area contributed by atoms with Crippen LogP contribution in [0.2, 0.25) is 0 Å². The standard InChI is InChI=1S/C17H32F3N5/c1-13-6-4-5-8-25(13)14(2)10-22-16(21-3)23-15-7-9-24(11-15)12-17(18,19)20/h13-15H,4-12H2,1-3H3,(H2,21,22,23). The van der Waals surface area contributed by atoms with Crippen molar-refractivity contribution in [2.24, 2.45) is 4.99 Å². The molecule has 8 heteroatoms. The lowest BCUT2D eigenvalue weighted by molar-refractivity contribution is -0.143. The van der Waals surface area contributed by atoms with Crippen LogP contribution in [0.1, 0.15) is 39.5 Å². The van der Waals surface area contributed by atoms with Crippen molar-refractivity contribution in [2.45, 2.75) is 63.8 Å². The summed E-state index contributed by atoms with van der Waals surface area (Å²) >= 11 is 0. The van der Waals surface area contributed by atoms with E-state index in [4.69, 9.17) is 0 Å². The molecule has 2 aliphatic rings. The van der Waals surface area contributed by atoms with Gasteiger partial charge in [0.2, 0.25) is 0 Å². The molecule has 0 spiro atoms. The molecule has 2 fully saturated rings. The van der Waals surface area contributed by atoms with Crippen molar-refractivity contribution < 1.29 is 13.2 Å². The minimum Gasteiger partial charge on any atom is -0.355 e. The Hall–Kier alpha value is -1.02. The van der Waals surface area contributed by atoms with Gasteiger partial charge in [-0.3, -0.25) is 14.8 Å². The van der Waals surface area contributed by atoms with Gasteiger partial charge in [0.1, 0.15) is 0 Å². The molecule has 2 saturated heterocycles. The third-order valence-corrected chi connectivity index (χ3v) is 5.23. The molecule has 146 valence electrons. The third-order valence-electron chi connectivity index (χ3n) is 5.23. The normalized spacial score (nSPS) is 28.2. The van der Waals surface area contributed by atoms with Crippen molar-refractivity contribution in [1.82, 2.24) is 20.4 Å². The Labute approximate surface area is 149 Å². The van der Waals surface area contributed by atoms with E-state index in [1.54, 1.807) is 7.05 Å². The van der Waals surface area contributed by atoms with Gasteiger partial charge in [0.15, 0.2) is 5.96 Å². The lowest BCUT2D eigenvalue weighted by Gasteiger charge is -2.38. The highest BCUT2D eigenvalue weighted by atomic mass is 19.4. The first-order valence-electron chi connectivity index (χ1n) is 9.30. The van der Waals surface area contributed by atoms with E-state index in [1.165, 1.54) is 24.2 Å². The molecule has 5 nitrogen and oxygen atoms in total. The van der Waals surface area contributed by atoms with E-state index >= 15 is 0 Å². The van der Waals surface area contributed by atoms with Gasteiger partial charge in [-0.25, -0.2) is 0 Å². The Morgan fingerprint density at radius 1 is 1.24 bits per heavy atom. The summed E-state index contributed by atoms with van der Waals surface area (Å²) in [6.07, 6.45) is 0.370. The summed E-state index contributed by atoms with van der Waals surface area (Å²) in [7, 11) is 1.70. The fourth-order valence-electron chi connectivity index (χ4n) is 3.87. The molecule has 0 aliphatic carbocycles. The van der Waals surface area contributed by atoms with E-state index in [0.29, 0.717) is 37.6 Å². The fourth-order valence-corrected chi connectivity index (χ4v) is 3.87. The van der Waals surface area contributed by atoms with E-state index in [1.807, 2.05) is 0 Å². The smallest absolute Gasteiger partial charge is 0.355 e. The van der Waals surface area contributed by atoms with Crippen molar-refractivity contribution in [2.75, 3.05) is 39.8 Å². The highest BCUT2D eigenvalue weighted by Crippen LogP contribution is 2.20. The monoisotopic (exact) mass is 363 g/mol. The topological polar surface area (TPSA) is 42.9 Å². The van der Waals surface area contributed by atoms with Gasteiger partial charge in [0.25, 0.3) is 0 Å². The molecule has 2 heterocycles. The number of piperidine rings is 1. The second-order valence-corrected chi connectivity index (χ2v) is 7.36. The van der Waals surface area contributed by atoms with Crippen LogP contribution in [0, 0.1) is 0 Å². The van der Waals surface area contributed by atoms with Crippen molar-refractivity contribution in [3.63, 3.8) is 0 Å². The second-order valence-electron chi connectivity index (χ2n) is 7.36. The summed E-state index contributed by atoms with van der Waals surface area (Å²) in [5, 5.41) is 6.60. The van der Waals surface area contributed by atoms with Crippen LogP contribution < -0.4 is 10.6 Å². The highest BCUT2D eigenvalue weighted by molar-refractivity contribution is 5.80. The zero-order valence-corrected chi connectivity index (χ0v) is 15.6. The molecular formula is C17H32F3N5. The average molecular weight is 363 g/mol. The van der Waals surface area contributed by atoms with Gasteiger partial charge in [0.05, 0.1) is 6.54 Å². The van der Waals surface area contributed by atoms with Gasteiger partial charge in [-0.1, -0.05) is 6.42 Å². The molecule has 2 N–H and O–H groups in total. The van der Waals surface area contributed by atoms with Crippen LogP contribution in [0.15, 0.2) is 4.99 Å². The number of alkyl halides is 3. The first-order chi connectivity index (χ1) is 11.8. The van der Waals surface area contributed by atoms with Crippen molar-refractivity contribution in [3.8, 4) is 0 Å². The molecular weight excluding hydrogens is 331 g/mol. The maximum atomic E-state index is 12.5. The van der Waals surface area contributed by atoms with Gasteiger partial charge in [-0.2, -0.15) is 13.2 Å². The molecule has 0 amide bonds. The molecule has 0 aromatic heterocycles.